The first-order valence-corrected chi connectivity index (χ1v) is 6.56. The van der Waals surface area contributed by atoms with Crippen LogP contribution in [0, 0.1) is 0 Å². The van der Waals surface area contributed by atoms with Crippen molar-refractivity contribution in [2.75, 3.05) is 0 Å². The van der Waals surface area contributed by atoms with Crippen molar-refractivity contribution < 1.29 is 9.84 Å². The Morgan fingerprint density at radius 2 is 1.95 bits per heavy atom. The minimum absolute atomic E-state index is 0.128. The van der Waals surface area contributed by atoms with Crippen LogP contribution in [-0.4, -0.2) is 10.1 Å². The summed E-state index contributed by atoms with van der Waals surface area (Å²) in [6.45, 7) is -0.128. The number of halogens is 1. The number of nitrogens with zero attached hydrogens (tertiary/aromatic N) is 1. The van der Waals surface area contributed by atoms with Crippen LogP contribution < -0.4 is 4.74 Å². The van der Waals surface area contributed by atoms with E-state index in [0.717, 1.165) is 10.9 Å². The normalized spacial score (nSPS) is 10.7. The first kappa shape index (κ1) is 12.9. The molecule has 0 saturated heterocycles. The zero-order valence-corrected chi connectivity index (χ0v) is 11.3. The summed E-state index contributed by atoms with van der Waals surface area (Å²) in [5.41, 5.74) is 1.56. The van der Waals surface area contributed by atoms with Gasteiger partial charge in [0.25, 0.3) is 0 Å². The van der Waals surface area contributed by atoms with E-state index in [9.17, 15) is 5.11 Å². The van der Waals surface area contributed by atoms with Gasteiger partial charge in [-0.3, -0.25) is 4.98 Å². The fourth-order valence-corrected chi connectivity index (χ4v) is 2.20. The van der Waals surface area contributed by atoms with Crippen LogP contribution in [-0.2, 0) is 6.61 Å². The van der Waals surface area contributed by atoms with Gasteiger partial charge >= 0.3 is 0 Å². The highest BCUT2D eigenvalue weighted by atomic mass is 35.5. The molecule has 2 aromatic carbocycles. The third-order valence-electron chi connectivity index (χ3n) is 2.99. The van der Waals surface area contributed by atoms with Crippen molar-refractivity contribution >= 4 is 22.5 Å². The summed E-state index contributed by atoms with van der Waals surface area (Å²) in [6.07, 6.45) is 1.66. The highest BCUT2D eigenvalue weighted by Gasteiger charge is 2.06. The van der Waals surface area contributed by atoms with Gasteiger partial charge in [-0.25, -0.2) is 0 Å². The summed E-state index contributed by atoms with van der Waals surface area (Å²) in [4.78, 5) is 4.34. The highest BCUT2D eigenvalue weighted by molar-refractivity contribution is 6.30. The molecule has 0 fully saturated rings. The maximum atomic E-state index is 9.34. The van der Waals surface area contributed by atoms with Crippen molar-refractivity contribution in [3.63, 3.8) is 0 Å². The molecule has 0 atom stereocenters. The number of aliphatic hydroxyl groups is 1. The number of para-hydroxylation sites is 1. The molecule has 0 saturated carbocycles. The minimum Gasteiger partial charge on any atom is -0.455 e. The van der Waals surface area contributed by atoms with Crippen molar-refractivity contribution in [3.8, 4) is 11.5 Å². The Balaban J connectivity index is 1.96. The van der Waals surface area contributed by atoms with E-state index in [-0.39, 0.29) is 6.61 Å². The fourth-order valence-electron chi connectivity index (χ4n) is 2.00. The molecular weight excluding hydrogens is 274 g/mol. The molecule has 100 valence electrons. The van der Waals surface area contributed by atoms with Crippen molar-refractivity contribution in [1.82, 2.24) is 4.98 Å². The monoisotopic (exact) mass is 285 g/mol. The van der Waals surface area contributed by atoms with Crippen LogP contribution in [0.1, 0.15) is 5.56 Å². The molecule has 0 spiro atoms. The first-order chi connectivity index (χ1) is 9.76. The van der Waals surface area contributed by atoms with E-state index in [1.165, 1.54) is 0 Å². The van der Waals surface area contributed by atoms with Gasteiger partial charge in [0.15, 0.2) is 0 Å². The summed E-state index contributed by atoms with van der Waals surface area (Å²) >= 11 is 5.90. The number of pyridine rings is 1. The molecule has 1 N–H and O–H groups in total. The maximum absolute atomic E-state index is 9.34. The van der Waals surface area contributed by atoms with Crippen molar-refractivity contribution in [1.29, 1.82) is 0 Å². The molecule has 20 heavy (non-hydrogen) atoms. The predicted octanol–water partition coefficient (Wildman–Crippen LogP) is 4.17. The van der Waals surface area contributed by atoms with Crippen molar-refractivity contribution in [3.05, 3.63) is 65.3 Å². The van der Waals surface area contributed by atoms with E-state index >= 15 is 0 Å². The number of benzene rings is 2. The SMILES string of the molecule is OCc1cc(Cl)ccc1Oc1cnc2ccccc2c1. The third-order valence-corrected chi connectivity index (χ3v) is 3.22. The molecule has 0 bridgehead atoms. The zero-order chi connectivity index (χ0) is 13.9. The molecule has 3 rings (SSSR count). The minimum atomic E-state index is -0.128. The second kappa shape index (κ2) is 5.49. The quantitative estimate of drug-likeness (QED) is 0.785. The average Bonchev–Trinajstić information content (AvgIpc) is 2.49. The largest absolute Gasteiger partial charge is 0.455 e. The Hall–Kier alpha value is -2.10. The summed E-state index contributed by atoms with van der Waals surface area (Å²) < 4.78 is 5.78. The molecule has 3 nitrogen and oxygen atoms in total. The van der Waals surface area contributed by atoms with Crippen molar-refractivity contribution in [2.45, 2.75) is 6.61 Å². The standard InChI is InChI=1S/C16H12ClNO2/c17-13-5-6-16(12(7-13)10-19)20-14-8-11-3-1-2-4-15(11)18-9-14/h1-9,19H,10H2. The van der Waals surface area contributed by atoms with Crippen LogP contribution in [0.2, 0.25) is 5.02 Å². The lowest BCUT2D eigenvalue weighted by molar-refractivity contribution is 0.276. The zero-order valence-electron chi connectivity index (χ0n) is 10.6. The number of aliphatic hydroxyl groups excluding tert-OH is 1. The van der Waals surface area contributed by atoms with Crippen LogP contribution in [0.5, 0.6) is 11.5 Å². The Kier molecular flexibility index (Phi) is 3.54. The van der Waals surface area contributed by atoms with Gasteiger partial charge < -0.3 is 9.84 Å². The highest BCUT2D eigenvalue weighted by Crippen LogP contribution is 2.29. The Morgan fingerprint density at radius 1 is 1.10 bits per heavy atom. The maximum Gasteiger partial charge on any atom is 0.146 e. The summed E-state index contributed by atoms with van der Waals surface area (Å²) in [5.74, 6) is 1.20. The Bertz CT molecular complexity index is 758. The molecule has 0 aliphatic heterocycles. The van der Waals surface area contributed by atoms with Crippen LogP contribution in [0.4, 0.5) is 0 Å². The molecule has 3 aromatic rings. The van der Waals surface area contributed by atoms with Crippen LogP contribution in [0.3, 0.4) is 0 Å². The molecule has 0 aliphatic carbocycles. The van der Waals surface area contributed by atoms with E-state index in [4.69, 9.17) is 16.3 Å². The van der Waals surface area contributed by atoms with Crippen LogP contribution >= 0.6 is 11.6 Å². The van der Waals surface area contributed by atoms with E-state index in [2.05, 4.69) is 4.98 Å². The second-order valence-electron chi connectivity index (χ2n) is 4.38. The van der Waals surface area contributed by atoms with Crippen molar-refractivity contribution in [2.24, 2.45) is 0 Å². The molecular formula is C16H12ClNO2. The molecule has 0 aliphatic rings. The summed E-state index contributed by atoms with van der Waals surface area (Å²) in [5, 5.41) is 10.9. The molecule has 0 radical (unpaired) electrons. The van der Waals surface area contributed by atoms with Gasteiger partial charge in [-0.1, -0.05) is 29.8 Å². The third kappa shape index (κ3) is 2.59. The summed E-state index contributed by atoms with van der Waals surface area (Å²) in [7, 11) is 0. The molecule has 4 heteroatoms. The number of hydrogen-bond acceptors (Lipinski definition) is 3. The van der Waals surface area contributed by atoms with Gasteiger partial charge in [0, 0.05) is 16.0 Å². The molecule has 0 amide bonds. The van der Waals surface area contributed by atoms with E-state index in [0.29, 0.717) is 22.1 Å². The average molecular weight is 286 g/mol. The van der Waals surface area contributed by atoms with Crippen LogP contribution in [0.15, 0.2) is 54.7 Å². The lowest BCUT2D eigenvalue weighted by Gasteiger charge is -2.10. The number of aromatic nitrogens is 1. The second-order valence-corrected chi connectivity index (χ2v) is 4.81. The predicted molar refractivity (Wildman–Crippen MR) is 79.2 cm³/mol. The number of ether oxygens (including phenoxy) is 1. The molecule has 1 heterocycles. The van der Waals surface area contributed by atoms with E-state index in [1.54, 1.807) is 24.4 Å². The van der Waals surface area contributed by atoms with Gasteiger partial charge in [0.05, 0.1) is 18.3 Å². The van der Waals surface area contributed by atoms with Crippen LogP contribution in [0.25, 0.3) is 10.9 Å². The lowest BCUT2D eigenvalue weighted by atomic mass is 10.2. The molecule has 0 unspecified atom stereocenters. The lowest BCUT2D eigenvalue weighted by Crippen LogP contribution is -1.92. The number of rotatable bonds is 3. The number of fused-ring (bicyclic) bond motifs is 1. The van der Waals surface area contributed by atoms with Gasteiger partial charge in [0.2, 0.25) is 0 Å². The van der Waals surface area contributed by atoms with Gasteiger partial charge in [-0.2, -0.15) is 0 Å². The Labute approximate surface area is 121 Å². The smallest absolute Gasteiger partial charge is 0.146 e. The number of hydrogen-bond donors (Lipinski definition) is 1. The Morgan fingerprint density at radius 3 is 2.80 bits per heavy atom. The van der Waals surface area contributed by atoms with E-state index < -0.39 is 0 Å². The topological polar surface area (TPSA) is 42.4 Å². The molecule has 1 aromatic heterocycles. The van der Waals surface area contributed by atoms with Gasteiger partial charge in [-0.05, 0) is 30.3 Å². The van der Waals surface area contributed by atoms with Gasteiger partial charge in [0.1, 0.15) is 11.5 Å². The van der Waals surface area contributed by atoms with Gasteiger partial charge in [-0.15, -0.1) is 0 Å². The first-order valence-electron chi connectivity index (χ1n) is 6.18. The van der Waals surface area contributed by atoms with E-state index in [1.807, 2.05) is 30.3 Å². The fraction of sp³-hybridized carbons (Fsp3) is 0.0625. The summed E-state index contributed by atoms with van der Waals surface area (Å²) in [6, 6.07) is 14.9.